The molecule has 0 bridgehead atoms. The van der Waals surface area contributed by atoms with Gasteiger partial charge in [-0.15, -0.1) is 0 Å². The Morgan fingerprint density at radius 2 is 2.21 bits per heavy atom. The lowest BCUT2D eigenvalue weighted by atomic mass is 10.1. The van der Waals surface area contributed by atoms with Gasteiger partial charge in [-0.05, 0) is 12.1 Å². The Bertz CT molecular complexity index is 524. The van der Waals surface area contributed by atoms with Gasteiger partial charge in [-0.2, -0.15) is 0 Å². The van der Waals surface area contributed by atoms with Crippen molar-refractivity contribution in [3.63, 3.8) is 0 Å². The molecule has 2 N–H and O–H groups in total. The molecule has 1 saturated heterocycles. The molecule has 1 atom stereocenters. The van der Waals surface area contributed by atoms with Crippen LogP contribution in [0, 0.1) is 11.6 Å². The SMILES string of the molecule is NC(=S)C1CN(C(=O)c2ccc(F)cc2F)CCO1. The second-order valence-corrected chi connectivity index (χ2v) is 4.61. The molecule has 0 aliphatic carbocycles. The Labute approximate surface area is 114 Å². The van der Waals surface area contributed by atoms with E-state index in [0.717, 1.165) is 12.1 Å². The molecule has 0 saturated carbocycles. The smallest absolute Gasteiger partial charge is 0.257 e. The zero-order valence-electron chi connectivity index (χ0n) is 9.94. The van der Waals surface area contributed by atoms with Crippen LogP contribution in [-0.2, 0) is 4.74 Å². The van der Waals surface area contributed by atoms with Gasteiger partial charge in [0.05, 0.1) is 18.7 Å². The summed E-state index contributed by atoms with van der Waals surface area (Å²) in [5.41, 5.74) is 5.29. The molecule has 102 valence electrons. The first-order valence-electron chi connectivity index (χ1n) is 5.64. The van der Waals surface area contributed by atoms with E-state index in [0.29, 0.717) is 12.6 Å². The summed E-state index contributed by atoms with van der Waals surface area (Å²) in [4.78, 5) is 13.7. The topological polar surface area (TPSA) is 55.6 Å². The van der Waals surface area contributed by atoms with E-state index >= 15 is 0 Å². The van der Waals surface area contributed by atoms with Crippen LogP contribution in [0.25, 0.3) is 0 Å². The number of benzene rings is 1. The molecule has 7 heteroatoms. The third-order valence-electron chi connectivity index (χ3n) is 2.83. The molecule has 1 heterocycles. The number of amides is 1. The van der Waals surface area contributed by atoms with Crippen LogP contribution in [0.5, 0.6) is 0 Å². The van der Waals surface area contributed by atoms with Crippen LogP contribution in [0.2, 0.25) is 0 Å². The molecule has 2 rings (SSSR count). The van der Waals surface area contributed by atoms with Crippen molar-refractivity contribution in [1.29, 1.82) is 0 Å². The average molecular weight is 286 g/mol. The quantitative estimate of drug-likeness (QED) is 0.827. The van der Waals surface area contributed by atoms with Gasteiger partial charge < -0.3 is 15.4 Å². The van der Waals surface area contributed by atoms with Gasteiger partial charge in [0.1, 0.15) is 22.7 Å². The monoisotopic (exact) mass is 286 g/mol. The van der Waals surface area contributed by atoms with Crippen molar-refractivity contribution in [3.05, 3.63) is 35.4 Å². The largest absolute Gasteiger partial charge is 0.391 e. The number of halogens is 2. The highest BCUT2D eigenvalue weighted by Crippen LogP contribution is 2.15. The molecule has 4 nitrogen and oxygen atoms in total. The Kier molecular flexibility index (Phi) is 4.06. The van der Waals surface area contributed by atoms with Crippen LogP contribution in [0.4, 0.5) is 8.78 Å². The number of morpholine rings is 1. The van der Waals surface area contributed by atoms with Gasteiger partial charge in [0.2, 0.25) is 0 Å². The van der Waals surface area contributed by atoms with E-state index < -0.39 is 23.6 Å². The van der Waals surface area contributed by atoms with Crippen LogP contribution in [0.1, 0.15) is 10.4 Å². The average Bonchev–Trinajstić information content (AvgIpc) is 2.38. The van der Waals surface area contributed by atoms with Crippen molar-refractivity contribution in [2.45, 2.75) is 6.10 Å². The minimum Gasteiger partial charge on any atom is -0.391 e. The van der Waals surface area contributed by atoms with Crippen LogP contribution < -0.4 is 5.73 Å². The van der Waals surface area contributed by atoms with Gasteiger partial charge in [0.25, 0.3) is 5.91 Å². The second kappa shape index (κ2) is 5.58. The summed E-state index contributed by atoms with van der Waals surface area (Å²) in [6, 6.07) is 2.85. The van der Waals surface area contributed by atoms with Crippen LogP contribution in [-0.4, -0.2) is 41.6 Å². The zero-order chi connectivity index (χ0) is 14.0. The lowest BCUT2D eigenvalue weighted by Gasteiger charge is -2.32. The summed E-state index contributed by atoms with van der Waals surface area (Å²) in [5, 5.41) is 0. The van der Waals surface area contributed by atoms with Gasteiger partial charge in [0, 0.05) is 12.6 Å². The Hall–Kier alpha value is -1.60. The van der Waals surface area contributed by atoms with E-state index in [2.05, 4.69) is 0 Å². The van der Waals surface area contributed by atoms with Crippen molar-refractivity contribution >= 4 is 23.1 Å². The Balaban J connectivity index is 2.17. The highest BCUT2D eigenvalue weighted by atomic mass is 32.1. The molecular weight excluding hydrogens is 274 g/mol. The molecule has 0 spiro atoms. The maximum Gasteiger partial charge on any atom is 0.257 e. The fraction of sp³-hybridized carbons (Fsp3) is 0.333. The Morgan fingerprint density at radius 3 is 2.84 bits per heavy atom. The van der Waals surface area contributed by atoms with Gasteiger partial charge in [-0.3, -0.25) is 4.79 Å². The number of carbonyl (C=O) groups is 1. The molecule has 0 radical (unpaired) electrons. The maximum absolute atomic E-state index is 13.5. The minimum absolute atomic E-state index is 0.150. The number of ether oxygens (including phenoxy) is 1. The van der Waals surface area contributed by atoms with Crippen LogP contribution >= 0.6 is 12.2 Å². The molecule has 1 aliphatic rings. The summed E-state index contributed by atoms with van der Waals surface area (Å²) >= 11 is 4.81. The van der Waals surface area contributed by atoms with Crippen molar-refractivity contribution in [3.8, 4) is 0 Å². The number of hydrogen-bond donors (Lipinski definition) is 1. The molecule has 1 aliphatic heterocycles. The fourth-order valence-corrected chi connectivity index (χ4v) is 1.98. The number of carbonyl (C=O) groups excluding carboxylic acids is 1. The fourth-order valence-electron chi connectivity index (χ4n) is 1.84. The molecule has 19 heavy (non-hydrogen) atoms. The van der Waals surface area contributed by atoms with Crippen molar-refractivity contribution in [1.82, 2.24) is 4.90 Å². The van der Waals surface area contributed by atoms with E-state index in [4.69, 9.17) is 22.7 Å². The van der Waals surface area contributed by atoms with Crippen molar-refractivity contribution < 1.29 is 18.3 Å². The molecular formula is C12H12F2N2O2S. The summed E-state index contributed by atoms with van der Waals surface area (Å²) in [5.74, 6) is -2.14. The molecule has 1 fully saturated rings. The molecule has 1 aromatic carbocycles. The maximum atomic E-state index is 13.5. The molecule has 0 aromatic heterocycles. The number of nitrogens with zero attached hydrogens (tertiary/aromatic N) is 1. The minimum atomic E-state index is -0.886. The van der Waals surface area contributed by atoms with Gasteiger partial charge in [-0.1, -0.05) is 12.2 Å². The first-order chi connectivity index (χ1) is 8.99. The summed E-state index contributed by atoms with van der Waals surface area (Å²) in [7, 11) is 0. The van der Waals surface area contributed by atoms with E-state index in [-0.39, 0.29) is 23.7 Å². The summed E-state index contributed by atoms with van der Waals surface area (Å²) < 4.78 is 31.6. The summed E-state index contributed by atoms with van der Waals surface area (Å²) in [6.07, 6.45) is -0.531. The molecule has 1 amide bonds. The standard InChI is InChI=1S/C12H12F2N2O2S/c13-7-1-2-8(9(14)5-7)12(17)16-3-4-18-10(6-16)11(15)19/h1-2,5,10H,3-4,6H2,(H2,15,19). The number of thiocarbonyl (C=S) groups is 1. The van der Waals surface area contributed by atoms with E-state index in [1.54, 1.807) is 0 Å². The summed E-state index contributed by atoms with van der Waals surface area (Å²) in [6.45, 7) is 0.760. The predicted octanol–water partition coefficient (Wildman–Crippen LogP) is 1.09. The Morgan fingerprint density at radius 1 is 1.47 bits per heavy atom. The van der Waals surface area contributed by atoms with Gasteiger partial charge in [-0.25, -0.2) is 8.78 Å². The molecule has 1 unspecified atom stereocenters. The number of nitrogens with two attached hydrogens (primary N) is 1. The first kappa shape index (κ1) is 13.8. The second-order valence-electron chi connectivity index (χ2n) is 4.14. The third kappa shape index (κ3) is 3.05. The highest BCUT2D eigenvalue weighted by molar-refractivity contribution is 7.80. The van der Waals surface area contributed by atoms with Gasteiger partial charge in [0.15, 0.2) is 0 Å². The van der Waals surface area contributed by atoms with Gasteiger partial charge >= 0.3 is 0 Å². The lowest BCUT2D eigenvalue weighted by molar-refractivity contribution is 0.00856. The predicted molar refractivity (Wildman–Crippen MR) is 68.8 cm³/mol. The van der Waals surface area contributed by atoms with Crippen LogP contribution in [0.15, 0.2) is 18.2 Å². The third-order valence-corrected chi connectivity index (χ3v) is 3.10. The van der Waals surface area contributed by atoms with Crippen molar-refractivity contribution in [2.75, 3.05) is 19.7 Å². The first-order valence-corrected chi connectivity index (χ1v) is 6.05. The van der Waals surface area contributed by atoms with Crippen LogP contribution in [0.3, 0.4) is 0 Å². The van der Waals surface area contributed by atoms with E-state index in [1.807, 2.05) is 0 Å². The number of rotatable bonds is 2. The zero-order valence-corrected chi connectivity index (χ0v) is 10.8. The lowest BCUT2D eigenvalue weighted by Crippen LogP contribution is -2.50. The highest BCUT2D eigenvalue weighted by Gasteiger charge is 2.27. The van der Waals surface area contributed by atoms with E-state index in [1.165, 1.54) is 4.90 Å². The normalized spacial score (nSPS) is 19.3. The number of hydrogen-bond acceptors (Lipinski definition) is 3. The van der Waals surface area contributed by atoms with Crippen molar-refractivity contribution in [2.24, 2.45) is 5.73 Å². The van der Waals surface area contributed by atoms with E-state index in [9.17, 15) is 13.6 Å². The molecule has 1 aromatic rings.